The molecule has 0 bridgehead atoms. The Labute approximate surface area is 102 Å². The summed E-state index contributed by atoms with van der Waals surface area (Å²) in [5.74, 6) is 2.78. The first-order chi connectivity index (χ1) is 7.24. The van der Waals surface area contributed by atoms with E-state index in [-0.39, 0.29) is 6.10 Å². The third-order valence-corrected chi connectivity index (χ3v) is 4.30. The van der Waals surface area contributed by atoms with Crippen molar-refractivity contribution in [1.29, 1.82) is 0 Å². The van der Waals surface area contributed by atoms with Gasteiger partial charge in [-0.25, -0.2) is 0 Å². The number of benzene rings is 1. The lowest BCUT2D eigenvalue weighted by molar-refractivity contribution is 0.173. The van der Waals surface area contributed by atoms with E-state index in [0.717, 1.165) is 39.3 Å². The normalized spacial score (nSPS) is 20.6. The number of aliphatic hydroxyl groups excluding tert-OH is 1. The van der Waals surface area contributed by atoms with Crippen LogP contribution in [0.25, 0.3) is 0 Å². The topological polar surface area (TPSA) is 29.5 Å². The van der Waals surface area contributed by atoms with Gasteiger partial charge < -0.3 is 9.84 Å². The Kier molecular flexibility index (Phi) is 3.59. The van der Waals surface area contributed by atoms with E-state index in [1.807, 2.05) is 23.9 Å². The average molecular weight is 289 g/mol. The van der Waals surface area contributed by atoms with Crippen molar-refractivity contribution >= 4 is 27.7 Å². The van der Waals surface area contributed by atoms with Crippen molar-refractivity contribution in [1.82, 2.24) is 0 Å². The predicted molar refractivity (Wildman–Crippen MR) is 66.4 cm³/mol. The Bertz CT molecular complexity index is 368. The standard InChI is InChI=1S/C11H13BrO2S/c1-14-10-3-2-8(12)11-7(10)6-15-5-4-9(11)13/h2-3,9,13H,4-6H2,1H3/t9-/m0/s1. The van der Waals surface area contributed by atoms with E-state index in [2.05, 4.69) is 15.9 Å². The molecule has 1 heterocycles. The highest BCUT2D eigenvalue weighted by molar-refractivity contribution is 9.10. The molecule has 2 rings (SSSR count). The monoisotopic (exact) mass is 288 g/mol. The Hall–Kier alpha value is -0.190. The van der Waals surface area contributed by atoms with E-state index in [9.17, 15) is 5.11 Å². The van der Waals surface area contributed by atoms with Crippen molar-refractivity contribution in [3.63, 3.8) is 0 Å². The van der Waals surface area contributed by atoms with Gasteiger partial charge in [-0.2, -0.15) is 11.8 Å². The Balaban J connectivity index is 2.55. The molecule has 1 aliphatic heterocycles. The average Bonchev–Trinajstić information content (AvgIpc) is 2.42. The highest BCUT2D eigenvalue weighted by Crippen LogP contribution is 2.39. The van der Waals surface area contributed by atoms with E-state index in [0.29, 0.717) is 0 Å². The number of hydrogen-bond donors (Lipinski definition) is 1. The van der Waals surface area contributed by atoms with Gasteiger partial charge in [0.1, 0.15) is 5.75 Å². The van der Waals surface area contributed by atoms with E-state index < -0.39 is 0 Å². The summed E-state index contributed by atoms with van der Waals surface area (Å²) in [6, 6.07) is 3.89. The summed E-state index contributed by atoms with van der Waals surface area (Å²) in [5.41, 5.74) is 2.13. The van der Waals surface area contributed by atoms with E-state index in [4.69, 9.17) is 4.74 Å². The molecule has 0 fully saturated rings. The van der Waals surface area contributed by atoms with Crippen LogP contribution in [0.4, 0.5) is 0 Å². The molecule has 0 aliphatic carbocycles. The molecule has 15 heavy (non-hydrogen) atoms. The van der Waals surface area contributed by atoms with E-state index in [1.54, 1.807) is 7.11 Å². The maximum atomic E-state index is 10.0. The lowest BCUT2D eigenvalue weighted by Gasteiger charge is -2.16. The van der Waals surface area contributed by atoms with Crippen molar-refractivity contribution in [2.75, 3.05) is 12.9 Å². The van der Waals surface area contributed by atoms with Crippen LogP contribution >= 0.6 is 27.7 Å². The molecule has 0 unspecified atom stereocenters. The summed E-state index contributed by atoms with van der Waals surface area (Å²) in [4.78, 5) is 0. The third kappa shape index (κ3) is 2.17. The van der Waals surface area contributed by atoms with Crippen LogP contribution in [-0.2, 0) is 5.75 Å². The maximum absolute atomic E-state index is 10.0. The van der Waals surface area contributed by atoms with Gasteiger partial charge in [0.05, 0.1) is 13.2 Å². The Morgan fingerprint density at radius 1 is 1.53 bits per heavy atom. The summed E-state index contributed by atoms with van der Waals surface area (Å²) in [6.45, 7) is 0. The second-order valence-electron chi connectivity index (χ2n) is 3.50. The fraction of sp³-hybridized carbons (Fsp3) is 0.455. The summed E-state index contributed by atoms with van der Waals surface area (Å²) >= 11 is 5.34. The second kappa shape index (κ2) is 4.76. The van der Waals surface area contributed by atoms with E-state index >= 15 is 0 Å². The van der Waals surface area contributed by atoms with Crippen LogP contribution in [0.1, 0.15) is 23.7 Å². The molecule has 0 saturated heterocycles. The molecule has 1 atom stereocenters. The number of hydrogen-bond acceptors (Lipinski definition) is 3. The van der Waals surface area contributed by atoms with Gasteiger partial charge in [0.15, 0.2) is 0 Å². The lowest BCUT2D eigenvalue weighted by atomic mass is 10.0. The van der Waals surface area contributed by atoms with Gasteiger partial charge in [-0.15, -0.1) is 0 Å². The minimum Gasteiger partial charge on any atom is -0.496 e. The quantitative estimate of drug-likeness (QED) is 0.861. The highest BCUT2D eigenvalue weighted by atomic mass is 79.9. The first-order valence-corrected chi connectivity index (χ1v) is 6.80. The van der Waals surface area contributed by atoms with Gasteiger partial charge in [-0.1, -0.05) is 15.9 Å². The molecule has 0 saturated carbocycles. The second-order valence-corrected chi connectivity index (χ2v) is 5.46. The van der Waals surface area contributed by atoms with Gasteiger partial charge in [0.25, 0.3) is 0 Å². The maximum Gasteiger partial charge on any atom is 0.123 e. The molecule has 1 N–H and O–H groups in total. The van der Waals surface area contributed by atoms with Gasteiger partial charge in [-0.05, 0) is 24.3 Å². The number of methoxy groups -OCH3 is 1. The van der Waals surface area contributed by atoms with Crippen molar-refractivity contribution in [3.05, 3.63) is 27.7 Å². The van der Waals surface area contributed by atoms with Crippen LogP contribution < -0.4 is 4.74 Å². The Morgan fingerprint density at radius 3 is 3.07 bits per heavy atom. The third-order valence-electron chi connectivity index (χ3n) is 2.60. The molecular weight excluding hydrogens is 276 g/mol. The fourth-order valence-corrected chi connectivity index (χ4v) is 3.50. The number of ether oxygens (including phenoxy) is 1. The first-order valence-electron chi connectivity index (χ1n) is 4.85. The zero-order valence-electron chi connectivity index (χ0n) is 8.50. The van der Waals surface area contributed by atoms with Crippen molar-refractivity contribution in [2.24, 2.45) is 0 Å². The van der Waals surface area contributed by atoms with Crippen LogP contribution in [0.2, 0.25) is 0 Å². The summed E-state index contributed by atoms with van der Waals surface area (Å²) in [7, 11) is 1.67. The smallest absolute Gasteiger partial charge is 0.123 e. The molecule has 0 radical (unpaired) electrons. The lowest BCUT2D eigenvalue weighted by Crippen LogP contribution is -2.02. The molecular formula is C11H13BrO2S. The highest BCUT2D eigenvalue weighted by Gasteiger charge is 2.22. The van der Waals surface area contributed by atoms with Gasteiger partial charge in [0, 0.05) is 21.4 Å². The molecule has 4 heteroatoms. The van der Waals surface area contributed by atoms with Gasteiger partial charge in [0.2, 0.25) is 0 Å². The zero-order valence-corrected chi connectivity index (χ0v) is 10.9. The molecule has 0 aromatic heterocycles. The van der Waals surface area contributed by atoms with Crippen molar-refractivity contribution in [3.8, 4) is 5.75 Å². The summed E-state index contributed by atoms with van der Waals surface area (Å²) in [5, 5.41) is 10.0. The number of fused-ring (bicyclic) bond motifs is 1. The van der Waals surface area contributed by atoms with Crippen LogP contribution in [0.5, 0.6) is 5.75 Å². The predicted octanol–water partition coefficient (Wildman–Crippen LogP) is 3.13. The summed E-state index contributed by atoms with van der Waals surface area (Å²) in [6.07, 6.45) is 0.433. The summed E-state index contributed by atoms with van der Waals surface area (Å²) < 4.78 is 6.31. The minimum atomic E-state index is -0.375. The van der Waals surface area contributed by atoms with Gasteiger partial charge in [-0.3, -0.25) is 0 Å². The van der Waals surface area contributed by atoms with Crippen LogP contribution in [-0.4, -0.2) is 18.0 Å². The largest absolute Gasteiger partial charge is 0.496 e. The first kappa shape index (κ1) is 11.3. The number of thioether (sulfide) groups is 1. The van der Waals surface area contributed by atoms with Gasteiger partial charge >= 0.3 is 0 Å². The molecule has 1 aromatic carbocycles. The number of rotatable bonds is 1. The Morgan fingerprint density at radius 2 is 2.33 bits per heavy atom. The zero-order chi connectivity index (χ0) is 10.8. The number of halogens is 1. The molecule has 1 aromatic rings. The van der Waals surface area contributed by atoms with Crippen LogP contribution in [0, 0.1) is 0 Å². The minimum absolute atomic E-state index is 0.375. The SMILES string of the molecule is COc1ccc(Br)c2c1CSCC[C@@H]2O. The van der Waals surface area contributed by atoms with E-state index in [1.165, 1.54) is 0 Å². The fourth-order valence-electron chi connectivity index (χ4n) is 1.83. The van der Waals surface area contributed by atoms with Crippen LogP contribution in [0.3, 0.4) is 0 Å². The molecule has 2 nitrogen and oxygen atoms in total. The van der Waals surface area contributed by atoms with Crippen molar-refractivity contribution < 1.29 is 9.84 Å². The molecule has 82 valence electrons. The van der Waals surface area contributed by atoms with Crippen LogP contribution in [0.15, 0.2) is 16.6 Å². The molecule has 0 spiro atoms. The molecule has 1 aliphatic rings. The number of aliphatic hydroxyl groups is 1. The van der Waals surface area contributed by atoms with Crippen molar-refractivity contribution in [2.45, 2.75) is 18.3 Å². The molecule has 0 amide bonds.